The van der Waals surface area contributed by atoms with Crippen LogP contribution < -0.4 is 14.2 Å². The molecule has 176 valence electrons. The monoisotopic (exact) mass is 455 g/mol. The molecule has 2 aromatic rings. The number of methoxy groups -OCH3 is 1. The van der Waals surface area contributed by atoms with Crippen molar-refractivity contribution < 1.29 is 33.7 Å². The summed E-state index contributed by atoms with van der Waals surface area (Å²) in [6.45, 7) is 2.97. The Morgan fingerprint density at radius 3 is 2.58 bits per heavy atom. The lowest BCUT2D eigenvalue weighted by Gasteiger charge is -2.36. The van der Waals surface area contributed by atoms with Gasteiger partial charge in [-0.05, 0) is 50.5 Å². The normalized spacial score (nSPS) is 15.6. The molecule has 0 radical (unpaired) electrons. The Kier molecular flexibility index (Phi) is 8.29. The molecular weight excluding hydrogens is 426 g/mol. The number of aldehydes is 2. The fourth-order valence-corrected chi connectivity index (χ4v) is 4.14. The summed E-state index contributed by atoms with van der Waals surface area (Å²) in [4.78, 5) is 38.4. The van der Waals surface area contributed by atoms with E-state index < -0.39 is 0 Å². The molecule has 0 aromatic heterocycles. The van der Waals surface area contributed by atoms with Gasteiger partial charge in [0.05, 0.1) is 37.0 Å². The van der Waals surface area contributed by atoms with E-state index in [-0.39, 0.29) is 46.7 Å². The first-order valence-electron chi connectivity index (χ1n) is 11.1. The number of phenols is 1. The number of rotatable bonds is 10. The third kappa shape index (κ3) is 5.27. The first-order chi connectivity index (χ1) is 16.0. The molecule has 0 bridgehead atoms. The van der Waals surface area contributed by atoms with Gasteiger partial charge in [-0.1, -0.05) is 6.07 Å². The van der Waals surface area contributed by atoms with E-state index in [2.05, 4.69) is 0 Å². The Morgan fingerprint density at radius 1 is 1.09 bits per heavy atom. The van der Waals surface area contributed by atoms with E-state index in [0.717, 1.165) is 19.3 Å². The number of ether oxygens (including phenoxy) is 3. The molecule has 2 aromatic carbocycles. The third-order valence-electron chi connectivity index (χ3n) is 5.77. The molecule has 8 nitrogen and oxygen atoms in total. The Morgan fingerprint density at radius 2 is 1.88 bits per heavy atom. The zero-order chi connectivity index (χ0) is 23.8. The summed E-state index contributed by atoms with van der Waals surface area (Å²) >= 11 is 0. The molecule has 1 atom stereocenters. The van der Waals surface area contributed by atoms with Gasteiger partial charge in [0.15, 0.2) is 24.1 Å². The van der Waals surface area contributed by atoms with Crippen LogP contribution in [0.15, 0.2) is 30.3 Å². The number of benzene rings is 2. The van der Waals surface area contributed by atoms with Crippen molar-refractivity contribution in [2.24, 2.45) is 0 Å². The molecule has 3 rings (SSSR count). The second kappa shape index (κ2) is 11.4. The summed E-state index contributed by atoms with van der Waals surface area (Å²) < 4.78 is 16.7. The van der Waals surface area contributed by atoms with E-state index in [0.29, 0.717) is 43.6 Å². The predicted octanol–water partition coefficient (Wildman–Crippen LogP) is 3.89. The molecule has 0 unspecified atom stereocenters. The number of aromatic hydroxyl groups is 1. The maximum Gasteiger partial charge on any atom is 0.254 e. The Balaban J connectivity index is 1.78. The van der Waals surface area contributed by atoms with Crippen LogP contribution in [-0.4, -0.2) is 61.4 Å². The summed E-state index contributed by atoms with van der Waals surface area (Å²) in [6, 6.07) is 7.80. The lowest BCUT2D eigenvalue weighted by molar-refractivity contribution is 0.0577. The topological polar surface area (TPSA) is 102 Å². The maximum atomic E-state index is 13.5. The SMILES string of the molecule is CCOc1c(OC)ccc(C(=O)N2CCCC[C@H]2CCOc2cccc(O)c2C=O)c1C=O. The number of hydrogen-bond donors (Lipinski definition) is 1. The van der Waals surface area contributed by atoms with Gasteiger partial charge in [-0.3, -0.25) is 14.4 Å². The van der Waals surface area contributed by atoms with E-state index in [4.69, 9.17) is 14.2 Å². The zero-order valence-corrected chi connectivity index (χ0v) is 18.9. The van der Waals surface area contributed by atoms with E-state index in [1.165, 1.54) is 13.2 Å². The van der Waals surface area contributed by atoms with Crippen LogP contribution in [0.25, 0.3) is 0 Å². The Hall–Kier alpha value is -3.55. The second-order valence-corrected chi connectivity index (χ2v) is 7.70. The minimum atomic E-state index is -0.239. The molecule has 1 aliphatic rings. The molecule has 1 amide bonds. The average molecular weight is 456 g/mol. The van der Waals surface area contributed by atoms with Gasteiger partial charge in [0, 0.05) is 19.0 Å². The smallest absolute Gasteiger partial charge is 0.254 e. The number of amides is 1. The highest BCUT2D eigenvalue weighted by Crippen LogP contribution is 2.34. The first kappa shape index (κ1) is 24.1. The maximum absolute atomic E-state index is 13.5. The number of piperidine rings is 1. The van der Waals surface area contributed by atoms with Crippen LogP contribution in [0.2, 0.25) is 0 Å². The van der Waals surface area contributed by atoms with Gasteiger partial charge in [-0.15, -0.1) is 0 Å². The molecule has 33 heavy (non-hydrogen) atoms. The van der Waals surface area contributed by atoms with E-state index in [1.807, 2.05) is 0 Å². The third-order valence-corrected chi connectivity index (χ3v) is 5.77. The summed E-state index contributed by atoms with van der Waals surface area (Å²) in [7, 11) is 1.48. The number of carbonyl (C=O) groups is 3. The van der Waals surface area contributed by atoms with Crippen molar-refractivity contribution in [3.63, 3.8) is 0 Å². The number of hydrogen-bond acceptors (Lipinski definition) is 7. The second-order valence-electron chi connectivity index (χ2n) is 7.70. The van der Waals surface area contributed by atoms with Gasteiger partial charge < -0.3 is 24.2 Å². The molecule has 1 heterocycles. The summed E-state index contributed by atoms with van der Waals surface area (Å²) in [5, 5.41) is 9.82. The fourth-order valence-electron chi connectivity index (χ4n) is 4.14. The molecule has 0 spiro atoms. The molecule has 1 saturated heterocycles. The molecule has 1 aliphatic heterocycles. The van der Waals surface area contributed by atoms with Crippen LogP contribution in [0.4, 0.5) is 0 Å². The van der Waals surface area contributed by atoms with E-state index in [1.54, 1.807) is 36.1 Å². The van der Waals surface area contributed by atoms with Crippen molar-refractivity contribution in [1.82, 2.24) is 4.90 Å². The van der Waals surface area contributed by atoms with Crippen molar-refractivity contribution in [3.8, 4) is 23.0 Å². The van der Waals surface area contributed by atoms with Gasteiger partial charge in [-0.25, -0.2) is 0 Å². The van der Waals surface area contributed by atoms with Gasteiger partial charge in [0.2, 0.25) is 0 Å². The quantitative estimate of drug-likeness (QED) is 0.542. The van der Waals surface area contributed by atoms with Gasteiger partial charge in [0.25, 0.3) is 5.91 Å². The lowest BCUT2D eigenvalue weighted by Crippen LogP contribution is -2.44. The standard InChI is InChI=1S/C25H29NO7/c1-3-32-24-19(15-27)18(10-11-23(24)31-2)25(30)26-13-5-4-7-17(26)12-14-33-22-9-6-8-21(29)20(22)16-28/h6,8-11,15-17,29H,3-5,7,12-14H2,1-2H3/t17-/m0/s1. The molecular formula is C25H29NO7. The highest BCUT2D eigenvalue weighted by Gasteiger charge is 2.30. The molecule has 8 heteroatoms. The van der Waals surface area contributed by atoms with E-state index >= 15 is 0 Å². The number of phenolic OH excluding ortho intramolecular Hbond substituents is 1. The minimum Gasteiger partial charge on any atom is -0.507 e. The number of nitrogens with zero attached hydrogens (tertiary/aromatic N) is 1. The highest BCUT2D eigenvalue weighted by molar-refractivity contribution is 6.03. The van der Waals surface area contributed by atoms with Crippen molar-refractivity contribution >= 4 is 18.5 Å². The number of carbonyl (C=O) groups excluding carboxylic acids is 3. The van der Waals surface area contributed by atoms with Crippen LogP contribution in [0.1, 0.15) is 63.7 Å². The molecule has 0 aliphatic carbocycles. The average Bonchev–Trinajstić information content (AvgIpc) is 2.84. The minimum absolute atomic E-state index is 0.0830. The van der Waals surface area contributed by atoms with Crippen molar-refractivity contribution in [3.05, 3.63) is 47.0 Å². The zero-order valence-electron chi connectivity index (χ0n) is 18.9. The van der Waals surface area contributed by atoms with Crippen molar-refractivity contribution in [1.29, 1.82) is 0 Å². The summed E-state index contributed by atoms with van der Waals surface area (Å²) in [5.41, 5.74) is 0.557. The van der Waals surface area contributed by atoms with E-state index in [9.17, 15) is 19.5 Å². The largest absolute Gasteiger partial charge is 0.507 e. The molecule has 1 N–H and O–H groups in total. The summed E-state index contributed by atoms with van der Waals surface area (Å²) in [5.74, 6) is 0.594. The van der Waals surface area contributed by atoms with Crippen LogP contribution in [0.5, 0.6) is 23.0 Å². The first-order valence-corrected chi connectivity index (χ1v) is 11.1. The van der Waals surface area contributed by atoms with Crippen LogP contribution in [0.3, 0.4) is 0 Å². The lowest BCUT2D eigenvalue weighted by atomic mass is 9.97. The Labute approximate surface area is 193 Å². The van der Waals surface area contributed by atoms with Crippen molar-refractivity contribution in [2.45, 2.75) is 38.6 Å². The van der Waals surface area contributed by atoms with Gasteiger partial charge >= 0.3 is 0 Å². The predicted molar refractivity (Wildman–Crippen MR) is 122 cm³/mol. The highest BCUT2D eigenvalue weighted by atomic mass is 16.5. The number of likely N-dealkylation sites (tertiary alicyclic amines) is 1. The molecule has 1 fully saturated rings. The fraction of sp³-hybridized carbons (Fsp3) is 0.400. The van der Waals surface area contributed by atoms with Crippen LogP contribution in [-0.2, 0) is 0 Å². The summed E-state index contributed by atoms with van der Waals surface area (Å²) in [6.07, 6.45) is 4.39. The van der Waals surface area contributed by atoms with Crippen LogP contribution >= 0.6 is 0 Å². The van der Waals surface area contributed by atoms with Gasteiger partial charge in [-0.2, -0.15) is 0 Å². The Bertz CT molecular complexity index is 1000. The van der Waals surface area contributed by atoms with Gasteiger partial charge in [0.1, 0.15) is 11.5 Å². The molecule has 0 saturated carbocycles. The van der Waals surface area contributed by atoms with Crippen LogP contribution in [0, 0.1) is 0 Å². The van der Waals surface area contributed by atoms with Crippen molar-refractivity contribution in [2.75, 3.05) is 26.9 Å².